The minimum atomic E-state index is -0.433. The number of amides is 1. The summed E-state index contributed by atoms with van der Waals surface area (Å²) >= 11 is 0. The highest BCUT2D eigenvalue weighted by molar-refractivity contribution is 5.91. The van der Waals surface area contributed by atoms with Gasteiger partial charge in [-0.25, -0.2) is 4.39 Å². The van der Waals surface area contributed by atoms with Crippen molar-refractivity contribution in [1.82, 2.24) is 0 Å². The molecule has 16 heavy (non-hydrogen) atoms. The van der Waals surface area contributed by atoms with E-state index in [0.29, 0.717) is 0 Å². The Bertz CT molecular complexity index is 377. The first-order chi connectivity index (χ1) is 7.49. The van der Waals surface area contributed by atoms with Gasteiger partial charge >= 0.3 is 0 Å². The van der Waals surface area contributed by atoms with Gasteiger partial charge in [0.15, 0.2) is 0 Å². The molecular weight excluding hydrogens is 209 g/mol. The van der Waals surface area contributed by atoms with Gasteiger partial charge in [-0.1, -0.05) is 6.07 Å². The number of halogens is 1. The molecule has 0 aliphatic rings. The summed E-state index contributed by atoms with van der Waals surface area (Å²) in [5.41, 5.74) is 0.997. The molecule has 1 N–H and O–H groups in total. The normalized spacial score (nSPS) is 10.6. The summed E-state index contributed by atoms with van der Waals surface area (Å²) < 4.78 is 18.5. The van der Waals surface area contributed by atoms with Crippen LogP contribution < -0.4 is 5.32 Å². The van der Waals surface area contributed by atoms with Gasteiger partial charge in [-0.3, -0.25) is 4.79 Å². The third kappa shape index (κ3) is 3.98. The van der Waals surface area contributed by atoms with Crippen molar-refractivity contribution in [3.05, 3.63) is 29.6 Å². The Hall–Kier alpha value is -1.42. The molecule has 1 aromatic carbocycles. The van der Waals surface area contributed by atoms with Crippen molar-refractivity contribution in [2.45, 2.75) is 26.9 Å². The van der Waals surface area contributed by atoms with Gasteiger partial charge in [0.05, 0.1) is 11.8 Å². The van der Waals surface area contributed by atoms with Crippen LogP contribution in [-0.4, -0.2) is 18.6 Å². The van der Waals surface area contributed by atoms with E-state index in [9.17, 15) is 9.18 Å². The first kappa shape index (κ1) is 12.6. The van der Waals surface area contributed by atoms with E-state index < -0.39 is 5.82 Å². The van der Waals surface area contributed by atoms with Crippen LogP contribution in [-0.2, 0) is 9.53 Å². The first-order valence-corrected chi connectivity index (χ1v) is 5.16. The van der Waals surface area contributed by atoms with Crippen LogP contribution in [0.4, 0.5) is 10.1 Å². The van der Waals surface area contributed by atoms with Crippen LogP contribution in [0.1, 0.15) is 19.4 Å². The minimum Gasteiger partial charge on any atom is -0.369 e. The van der Waals surface area contributed by atoms with E-state index in [-0.39, 0.29) is 24.3 Å². The van der Waals surface area contributed by atoms with Crippen LogP contribution in [0, 0.1) is 12.7 Å². The Kier molecular flexibility index (Phi) is 4.43. The quantitative estimate of drug-likeness (QED) is 0.855. The molecular formula is C12H16FNO2. The van der Waals surface area contributed by atoms with Crippen LogP contribution in [0.5, 0.6) is 0 Å². The van der Waals surface area contributed by atoms with Crippen molar-refractivity contribution in [2.75, 3.05) is 11.9 Å². The second-order valence-electron chi connectivity index (χ2n) is 3.89. The highest BCUT2D eigenvalue weighted by Crippen LogP contribution is 2.14. The molecule has 0 atom stereocenters. The topological polar surface area (TPSA) is 38.3 Å². The van der Waals surface area contributed by atoms with Crippen LogP contribution in [0.2, 0.25) is 0 Å². The SMILES string of the molecule is Cc1ccc(NC(=O)COC(C)C)c(F)c1. The molecule has 0 saturated carbocycles. The number of benzene rings is 1. The lowest BCUT2D eigenvalue weighted by molar-refractivity contribution is -0.121. The average Bonchev–Trinajstić information content (AvgIpc) is 2.19. The molecule has 0 unspecified atom stereocenters. The van der Waals surface area contributed by atoms with Gasteiger partial charge in [-0.15, -0.1) is 0 Å². The fourth-order valence-electron chi connectivity index (χ4n) is 1.15. The van der Waals surface area contributed by atoms with Gasteiger partial charge in [0, 0.05) is 0 Å². The predicted molar refractivity (Wildman–Crippen MR) is 60.9 cm³/mol. The lowest BCUT2D eigenvalue weighted by atomic mass is 10.2. The smallest absolute Gasteiger partial charge is 0.250 e. The molecule has 0 radical (unpaired) electrons. The van der Waals surface area contributed by atoms with E-state index in [1.807, 2.05) is 13.8 Å². The second-order valence-corrected chi connectivity index (χ2v) is 3.89. The van der Waals surface area contributed by atoms with Crippen LogP contribution >= 0.6 is 0 Å². The molecule has 0 aromatic heterocycles. The number of hydrogen-bond acceptors (Lipinski definition) is 2. The standard InChI is InChI=1S/C12H16FNO2/c1-8(2)16-7-12(15)14-11-5-4-9(3)6-10(11)13/h4-6,8H,7H2,1-3H3,(H,14,15). The van der Waals surface area contributed by atoms with E-state index >= 15 is 0 Å². The Morgan fingerprint density at radius 1 is 1.50 bits per heavy atom. The summed E-state index contributed by atoms with van der Waals surface area (Å²) in [6.45, 7) is 5.39. The number of aryl methyl sites for hydroxylation is 1. The summed E-state index contributed by atoms with van der Waals surface area (Å²) in [6.07, 6.45) is -0.0198. The number of anilines is 1. The zero-order valence-corrected chi connectivity index (χ0v) is 9.71. The maximum Gasteiger partial charge on any atom is 0.250 e. The van der Waals surface area contributed by atoms with Crippen LogP contribution in [0.25, 0.3) is 0 Å². The maximum absolute atomic E-state index is 13.4. The molecule has 88 valence electrons. The summed E-state index contributed by atoms with van der Waals surface area (Å²) in [5, 5.41) is 2.45. The molecule has 0 spiro atoms. The fraction of sp³-hybridized carbons (Fsp3) is 0.417. The molecule has 3 nitrogen and oxygen atoms in total. The first-order valence-electron chi connectivity index (χ1n) is 5.16. The number of nitrogens with one attached hydrogen (secondary N) is 1. The fourth-order valence-corrected chi connectivity index (χ4v) is 1.15. The van der Waals surface area contributed by atoms with E-state index in [2.05, 4.69) is 5.32 Å². The zero-order chi connectivity index (χ0) is 12.1. The monoisotopic (exact) mass is 225 g/mol. The molecule has 0 heterocycles. The van der Waals surface area contributed by atoms with Gasteiger partial charge in [0.25, 0.3) is 0 Å². The van der Waals surface area contributed by atoms with Crippen LogP contribution in [0.3, 0.4) is 0 Å². The molecule has 1 amide bonds. The Balaban J connectivity index is 2.56. The predicted octanol–water partition coefficient (Wildman–Crippen LogP) is 2.50. The van der Waals surface area contributed by atoms with Crippen molar-refractivity contribution >= 4 is 11.6 Å². The molecule has 0 bridgehead atoms. The van der Waals surface area contributed by atoms with Crippen molar-refractivity contribution in [3.63, 3.8) is 0 Å². The lowest BCUT2D eigenvalue weighted by Crippen LogP contribution is -2.21. The Labute approximate surface area is 94.6 Å². The van der Waals surface area contributed by atoms with Crippen molar-refractivity contribution in [3.8, 4) is 0 Å². The Morgan fingerprint density at radius 2 is 2.19 bits per heavy atom. The number of carbonyl (C=O) groups is 1. The third-order valence-corrected chi connectivity index (χ3v) is 1.95. The molecule has 1 rings (SSSR count). The van der Waals surface area contributed by atoms with E-state index in [0.717, 1.165) is 5.56 Å². The Morgan fingerprint density at radius 3 is 2.75 bits per heavy atom. The largest absolute Gasteiger partial charge is 0.369 e. The molecule has 1 aromatic rings. The number of carbonyl (C=O) groups excluding carboxylic acids is 1. The number of rotatable bonds is 4. The van der Waals surface area contributed by atoms with Crippen molar-refractivity contribution < 1.29 is 13.9 Å². The van der Waals surface area contributed by atoms with Gasteiger partial charge < -0.3 is 10.1 Å². The highest BCUT2D eigenvalue weighted by Gasteiger charge is 2.07. The van der Waals surface area contributed by atoms with E-state index in [1.54, 1.807) is 13.0 Å². The van der Waals surface area contributed by atoms with E-state index in [1.165, 1.54) is 12.1 Å². The zero-order valence-electron chi connectivity index (χ0n) is 9.71. The van der Waals surface area contributed by atoms with Gasteiger partial charge in [-0.05, 0) is 38.5 Å². The lowest BCUT2D eigenvalue weighted by Gasteiger charge is -2.09. The highest BCUT2D eigenvalue weighted by atomic mass is 19.1. The molecule has 0 aliphatic carbocycles. The molecule has 0 fully saturated rings. The second kappa shape index (κ2) is 5.61. The molecule has 0 saturated heterocycles. The average molecular weight is 225 g/mol. The minimum absolute atomic E-state index is 0.0198. The van der Waals surface area contributed by atoms with Crippen molar-refractivity contribution in [1.29, 1.82) is 0 Å². The summed E-state index contributed by atoms with van der Waals surface area (Å²) in [5.74, 6) is -0.783. The third-order valence-electron chi connectivity index (χ3n) is 1.95. The van der Waals surface area contributed by atoms with E-state index in [4.69, 9.17) is 4.74 Å². The van der Waals surface area contributed by atoms with Crippen molar-refractivity contribution in [2.24, 2.45) is 0 Å². The van der Waals surface area contributed by atoms with Crippen LogP contribution in [0.15, 0.2) is 18.2 Å². The number of ether oxygens (including phenoxy) is 1. The van der Waals surface area contributed by atoms with Gasteiger partial charge in [0.2, 0.25) is 5.91 Å². The van der Waals surface area contributed by atoms with Gasteiger partial charge in [0.1, 0.15) is 12.4 Å². The summed E-state index contributed by atoms with van der Waals surface area (Å²) in [4.78, 5) is 11.4. The summed E-state index contributed by atoms with van der Waals surface area (Å²) in [7, 11) is 0. The molecule has 4 heteroatoms. The van der Waals surface area contributed by atoms with Gasteiger partial charge in [-0.2, -0.15) is 0 Å². The molecule has 0 aliphatic heterocycles. The maximum atomic E-state index is 13.4. The number of hydrogen-bond donors (Lipinski definition) is 1. The summed E-state index contributed by atoms with van der Waals surface area (Å²) in [6, 6.07) is 4.65.